The van der Waals surface area contributed by atoms with Gasteiger partial charge >= 0.3 is 0 Å². The number of hydrogen-bond donors (Lipinski definition) is 1. The maximum atomic E-state index is 5.71. The second kappa shape index (κ2) is 7.18. The number of hydrogen-bond acceptors (Lipinski definition) is 2. The van der Waals surface area contributed by atoms with Gasteiger partial charge in [-0.2, -0.15) is 0 Å². The minimum absolute atomic E-state index is 0.472. The molecule has 1 unspecified atom stereocenters. The molecular weight excluding hydrogens is 204 g/mol. The lowest BCUT2D eigenvalue weighted by Crippen LogP contribution is -2.40. The summed E-state index contributed by atoms with van der Waals surface area (Å²) >= 11 is 5.07. The summed E-state index contributed by atoms with van der Waals surface area (Å²) in [6, 6.07) is 0. The molecule has 1 saturated heterocycles. The van der Waals surface area contributed by atoms with Crippen LogP contribution in [0, 0.1) is 5.92 Å². The van der Waals surface area contributed by atoms with Crippen LogP contribution in [0.15, 0.2) is 0 Å². The zero-order chi connectivity index (χ0) is 11.1. The Kier molecular flexibility index (Phi) is 6.18. The van der Waals surface area contributed by atoms with Crippen molar-refractivity contribution in [3.05, 3.63) is 0 Å². The average Bonchev–Trinajstić information content (AvgIpc) is 2.25. The molecule has 1 heterocycles. The van der Waals surface area contributed by atoms with Crippen LogP contribution in [0.5, 0.6) is 0 Å². The number of unbranched alkanes of at least 4 members (excludes halogenated alkanes) is 3. The molecule has 1 fully saturated rings. The fraction of sp³-hybridized carbons (Fsp3) is 0.917. The second-order valence-electron chi connectivity index (χ2n) is 4.60. The number of thiocarbonyl (C=S) groups is 1. The van der Waals surface area contributed by atoms with E-state index >= 15 is 0 Å². The minimum atomic E-state index is 0.472. The van der Waals surface area contributed by atoms with Crippen molar-refractivity contribution >= 4 is 17.2 Å². The summed E-state index contributed by atoms with van der Waals surface area (Å²) < 4.78 is 0. The first-order chi connectivity index (χ1) is 7.24. The van der Waals surface area contributed by atoms with Crippen molar-refractivity contribution in [2.24, 2.45) is 11.7 Å². The van der Waals surface area contributed by atoms with Crippen LogP contribution in [0.4, 0.5) is 0 Å². The van der Waals surface area contributed by atoms with Gasteiger partial charge in [-0.1, -0.05) is 38.4 Å². The van der Waals surface area contributed by atoms with E-state index in [0.29, 0.717) is 10.9 Å². The van der Waals surface area contributed by atoms with Crippen molar-refractivity contribution in [3.63, 3.8) is 0 Å². The predicted octanol–water partition coefficient (Wildman–Crippen LogP) is 2.56. The third-order valence-electron chi connectivity index (χ3n) is 3.24. The van der Waals surface area contributed by atoms with Crippen LogP contribution in [0.3, 0.4) is 0 Å². The molecular formula is C12H24N2S. The lowest BCUT2D eigenvalue weighted by molar-refractivity contribution is 0.201. The lowest BCUT2D eigenvalue weighted by Gasteiger charge is -2.32. The van der Waals surface area contributed by atoms with E-state index < -0.39 is 0 Å². The quantitative estimate of drug-likeness (QED) is 0.559. The first kappa shape index (κ1) is 12.9. The van der Waals surface area contributed by atoms with Crippen molar-refractivity contribution in [1.82, 2.24) is 4.90 Å². The van der Waals surface area contributed by atoms with Crippen LogP contribution < -0.4 is 5.73 Å². The molecule has 0 saturated carbocycles. The largest absolute Gasteiger partial charge is 0.393 e. The van der Waals surface area contributed by atoms with Gasteiger partial charge in [0.15, 0.2) is 0 Å². The Morgan fingerprint density at radius 3 is 2.87 bits per heavy atom. The van der Waals surface area contributed by atoms with Gasteiger partial charge in [-0.3, -0.25) is 0 Å². The standard InChI is InChI=1S/C12H24N2S/c1-2-3-4-5-8-14-9-6-7-11(10-14)12(13)15/h11H,2-10H2,1H3,(H2,13,15). The van der Waals surface area contributed by atoms with Gasteiger partial charge < -0.3 is 10.6 Å². The van der Waals surface area contributed by atoms with Gasteiger partial charge in [0.2, 0.25) is 0 Å². The SMILES string of the molecule is CCCCCCN1CCCC(C(N)=S)C1. The summed E-state index contributed by atoms with van der Waals surface area (Å²) in [6.45, 7) is 5.83. The van der Waals surface area contributed by atoms with Crippen LogP contribution in [0.25, 0.3) is 0 Å². The van der Waals surface area contributed by atoms with E-state index in [1.54, 1.807) is 0 Å². The summed E-state index contributed by atoms with van der Waals surface area (Å²) in [5, 5.41) is 0. The highest BCUT2D eigenvalue weighted by molar-refractivity contribution is 7.80. The third-order valence-corrected chi connectivity index (χ3v) is 3.57. The zero-order valence-electron chi connectivity index (χ0n) is 9.87. The van der Waals surface area contributed by atoms with Crippen molar-refractivity contribution < 1.29 is 0 Å². The monoisotopic (exact) mass is 228 g/mol. The molecule has 0 radical (unpaired) electrons. The van der Waals surface area contributed by atoms with Crippen molar-refractivity contribution in [2.75, 3.05) is 19.6 Å². The van der Waals surface area contributed by atoms with Crippen molar-refractivity contribution in [3.8, 4) is 0 Å². The van der Waals surface area contributed by atoms with Gasteiger partial charge in [-0.05, 0) is 32.4 Å². The molecule has 0 bridgehead atoms. The molecule has 88 valence electrons. The summed E-state index contributed by atoms with van der Waals surface area (Å²) in [4.78, 5) is 3.25. The number of likely N-dealkylation sites (tertiary alicyclic amines) is 1. The number of rotatable bonds is 6. The Morgan fingerprint density at radius 2 is 2.20 bits per heavy atom. The fourth-order valence-electron chi connectivity index (χ4n) is 2.25. The Morgan fingerprint density at radius 1 is 1.40 bits per heavy atom. The van der Waals surface area contributed by atoms with Gasteiger partial charge in [0.25, 0.3) is 0 Å². The average molecular weight is 228 g/mol. The van der Waals surface area contributed by atoms with E-state index in [-0.39, 0.29) is 0 Å². The second-order valence-corrected chi connectivity index (χ2v) is 5.07. The topological polar surface area (TPSA) is 29.3 Å². The maximum Gasteiger partial charge on any atom is 0.0771 e. The van der Waals surface area contributed by atoms with Gasteiger partial charge in [0.05, 0.1) is 4.99 Å². The molecule has 1 aliphatic heterocycles. The molecule has 0 aromatic carbocycles. The summed E-state index contributed by atoms with van der Waals surface area (Å²) in [7, 11) is 0. The third kappa shape index (κ3) is 4.94. The van der Waals surface area contributed by atoms with E-state index in [0.717, 1.165) is 6.54 Å². The molecule has 0 aliphatic carbocycles. The van der Waals surface area contributed by atoms with Crippen molar-refractivity contribution in [1.29, 1.82) is 0 Å². The van der Waals surface area contributed by atoms with Gasteiger partial charge in [-0.15, -0.1) is 0 Å². The Bertz CT molecular complexity index is 194. The van der Waals surface area contributed by atoms with E-state index in [4.69, 9.17) is 18.0 Å². The molecule has 3 heteroatoms. The van der Waals surface area contributed by atoms with Crippen LogP contribution in [-0.2, 0) is 0 Å². The van der Waals surface area contributed by atoms with E-state index in [1.807, 2.05) is 0 Å². The van der Waals surface area contributed by atoms with Gasteiger partial charge in [0.1, 0.15) is 0 Å². The predicted molar refractivity (Wildman–Crippen MR) is 70.1 cm³/mol. The molecule has 1 rings (SSSR count). The highest BCUT2D eigenvalue weighted by Crippen LogP contribution is 2.17. The number of nitrogens with zero attached hydrogens (tertiary/aromatic N) is 1. The fourth-order valence-corrected chi connectivity index (χ4v) is 2.45. The van der Waals surface area contributed by atoms with Crippen LogP contribution in [0.2, 0.25) is 0 Å². The van der Waals surface area contributed by atoms with Crippen molar-refractivity contribution in [2.45, 2.75) is 45.4 Å². The van der Waals surface area contributed by atoms with E-state index in [9.17, 15) is 0 Å². The molecule has 2 nitrogen and oxygen atoms in total. The zero-order valence-corrected chi connectivity index (χ0v) is 10.7. The summed E-state index contributed by atoms with van der Waals surface area (Å²) in [5.41, 5.74) is 5.71. The maximum absolute atomic E-state index is 5.71. The Labute approximate surface area is 99.2 Å². The Hall–Kier alpha value is -0.150. The molecule has 0 spiro atoms. The number of piperidine rings is 1. The first-order valence-corrected chi connectivity index (χ1v) is 6.66. The van der Waals surface area contributed by atoms with Crippen LogP contribution in [-0.4, -0.2) is 29.5 Å². The highest BCUT2D eigenvalue weighted by Gasteiger charge is 2.20. The normalized spacial score (nSPS) is 22.9. The highest BCUT2D eigenvalue weighted by atomic mass is 32.1. The molecule has 15 heavy (non-hydrogen) atoms. The molecule has 0 aromatic heterocycles. The smallest absolute Gasteiger partial charge is 0.0771 e. The minimum Gasteiger partial charge on any atom is -0.393 e. The summed E-state index contributed by atoms with van der Waals surface area (Å²) in [6.07, 6.45) is 7.83. The molecule has 0 amide bonds. The molecule has 1 aliphatic rings. The number of nitrogens with two attached hydrogens (primary N) is 1. The first-order valence-electron chi connectivity index (χ1n) is 6.25. The summed E-state index contributed by atoms with van der Waals surface area (Å²) in [5.74, 6) is 0.472. The van der Waals surface area contributed by atoms with Crippen LogP contribution >= 0.6 is 12.2 Å². The van der Waals surface area contributed by atoms with E-state index in [1.165, 1.54) is 51.6 Å². The van der Waals surface area contributed by atoms with Gasteiger partial charge in [0, 0.05) is 12.5 Å². The molecule has 2 N–H and O–H groups in total. The van der Waals surface area contributed by atoms with E-state index in [2.05, 4.69) is 11.8 Å². The van der Waals surface area contributed by atoms with Gasteiger partial charge in [-0.25, -0.2) is 0 Å². The van der Waals surface area contributed by atoms with Crippen LogP contribution in [0.1, 0.15) is 45.4 Å². The molecule has 1 atom stereocenters. The molecule has 0 aromatic rings. The Balaban J connectivity index is 2.15. The lowest BCUT2D eigenvalue weighted by atomic mass is 9.98.